The van der Waals surface area contributed by atoms with Crippen molar-refractivity contribution in [2.45, 2.75) is 25.3 Å². The van der Waals surface area contributed by atoms with Crippen LogP contribution in [0.15, 0.2) is 22.7 Å². The summed E-state index contributed by atoms with van der Waals surface area (Å²) in [6, 6.07) is 5.43. The van der Waals surface area contributed by atoms with Crippen molar-refractivity contribution in [1.82, 2.24) is 5.32 Å². The second kappa shape index (κ2) is 5.43. The van der Waals surface area contributed by atoms with Crippen molar-refractivity contribution in [1.29, 1.82) is 0 Å². The molecule has 3 atom stereocenters. The van der Waals surface area contributed by atoms with E-state index < -0.39 is 0 Å². The molecule has 1 amide bonds. The van der Waals surface area contributed by atoms with E-state index in [-0.39, 0.29) is 11.9 Å². The van der Waals surface area contributed by atoms with Crippen LogP contribution in [-0.4, -0.2) is 18.5 Å². The molecule has 0 radical (unpaired) electrons. The molecular weight excluding hydrogens is 328 g/mol. The van der Waals surface area contributed by atoms with Crippen molar-refractivity contribution in [3.8, 4) is 0 Å². The zero-order valence-electron chi connectivity index (χ0n) is 10.5. The van der Waals surface area contributed by atoms with Crippen molar-refractivity contribution in [3.63, 3.8) is 0 Å². The molecule has 1 aliphatic heterocycles. The summed E-state index contributed by atoms with van der Waals surface area (Å²) < 4.78 is 0.742. The van der Waals surface area contributed by atoms with Gasteiger partial charge in [-0.25, -0.2) is 0 Å². The number of carbonyl (C=O) groups is 1. The third-order valence-corrected chi connectivity index (χ3v) is 5.64. The Hall–Kier alpha value is -0.580. The standard InChI is InChI=1S/C14H16BrClN2O/c15-12-10(16)5-2-6-11(12)18-14(19)13-9-4-1-3-8(9)7-17-13/h2,5-6,8-9,13,17H,1,3-4,7H2,(H,18,19). The van der Waals surface area contributed by atoms with Crippen LogP contribution in [0.4, 0.5) is 5.69 Å². The predicted octanol–water partition coefficient (Wildman–Crippen LogP) is 3.43. The molecule has 5 heteroatoms. The molecule has 3 rings (SSSR count). The molecule has 1 heterocycles. The molecule has 2 fully saturated rings. The van der Waals surface area contributed by atoms with Gasteiger partial charge in [0.2, 0.25) is 5.91 Å². The molecule has 1 aliphatic carbocycles. The molecule has 1 aromatic carbocycles. The number of fused-ring (bicyclic) bond motifs is 1. The summed E-state index contributed by atoms with van der Waals surface area (Å²) >= 11 is 9.44. The third kappa shape index (κ3) is 2.54. The first-order valence-corrected chi connectivity index (χ1v) is 7.82. The smallest absolute Gasteiger partial charge is 0.241 e. The Morgan fingerprint density at radius 2 is 2.26 bits per heavy atom. The van der Waals surface area contributed by atoms with Crippen LogP contribution in [0.2, 0.25) is 5.02 Å². The average molecular weight is 344 g/mol. The van der Waals surface area contributed by atoms with Gasteiger partial charge in [-0.3, -0.25) is 4.79 Å². The summed E-state index contributed by atoms with van der Waals surface area (Å²) in [5, 5.41) is 6.93. The SMILES string of the molecule is O=C(Nc1cccc(Cl)c1Br)C1NCC2CCCC21. The van der Waals surface area contributed by atoms with Crippen molar-refractivity contribution in [2.75, 3.05) is 11.9 Å². The predicted molar refractivity (Wildman–Crippen MR) is 80.4 cm³/mol. The summed E-state index contributed by atoms with van der Waals surface area (Å²) in [6.45, 7) is 0.972. The fourth-order valence-corrected chi connectivity index (χ4v) is 3.82. The van der Waals surface area contributed by atoms with Gasteiger partial charge >= 0.3 is 0 Å². The maximum absolute atomic E-state index is 12.4. The first-order valence-electron chi connectivity index (χ1n) is 6.65. The Kier molecular flexibility index (Phi) is 3.83. The van der Waals surface area contributed by atoms with Gasteiger partial charge in [0.25, 0.3) is 0 Å². The number of hydrogen-bond donors (Lipinski definition) is 2. The van der Waals surface area contributed by atoms with Crippen LogP contribution in [-0.2, 0) is 4.79 Å². The average Bonchev–Trinajstić information content (AvgIpc) is 2.96. The van der Waals surface area contributed by atoms with Crippen molar-refractivity contribution < 1.29 is 4.79 Å². The van der Waals surface area contributed by atoms with Gasteiger partial charge in [-0.15, -0.1) is 0 Å². The fourth-order valence-electron chi connectivity index (χ4n) is 3.29. The number of anilines is 1. The number of halogens is 2. The highest BCUT2D eigenvalue weighted by molar-refractivity contribution is 9.10. The highest BCUT2D eigenvalue weighted by Gasteiger charge is 2.42. The van der Waals surface area contributed by atoms with Crippen LogP contribution in [0.5, 0.6) is 0 Å². The lowest BCUT2D eigenvalue weighted by atomic mass is 9.93. The van der Waals surface area contributed by atoms with Crippen LogP contribution in [0.3, 0.4) is 0 Å². The maximum Gasteiger partial charge on any atom is 0.241 e. The van der Waals surface area contributed by atoms with E-state index in [2.05, 4.69) is 26.6 Å². The van der Waals surface area contributed by atoms with Gasteiger partial charge < -0.3 is 10.6 Å². The zero-order chi connectivity index (χ0) is 13.4. The van der Waals surface area contributed by atoms with E-state index in [0.29, 0.717) is 16.9 Å². The van der Waals surface area contributed by atoms with Gasteiger partial charge in [0.15, 0.2) is 0 Å². The van der Waals surface area contributed by atoms with Crippen LogP contribution in [0, 0.1) is 11.8 Å². The van der Waals surface area contributed by atoms with Crippen LogP contribution >= 0.6 is 27.5 Å². The van der Waals surface area contributed by atoms with Crippen LogP contribution in [0.25, 0.3) is 0 Å². The van der Waals surface area contributed by atoms with Crippen molar-refractivity contribution in [3.05, 3.63) is 27.7 Å². The minimum atomic E-state index is -0.0571. The first kappa shape index (κ1) is 13.4. The minimum absolute atomic E-state index is 0.0531. The quantitative estimate of drug-likeness (QED) is 0.864. The van der Waals surface area contributed by atoms with Gasteiger partial charge in [-0.1, -0.05) is 24.1 Å². The molecule has 2 aliphatic rings. The molecule has 0 spiro atoms. The topological polar surface area (TPSA) is 41.1 Å². The number of rotatable bonds is 2. The lowest BCUT2D eigenvalue weighted by Gasteiger charge is -2.18. The molecule has 19 heavy (non-hydrogen) atoms. The highest BCUT2D eigenvalue weighted by Crippen LogP contribution is 2.38. The van der Waals surface area contributed by atoms with E-state index in [0.717, 1.165) is 23.1 Å². The molecular formula is C14H16BrClN2O. The fraction of sp³-hybridized carbons (Fsp3) is 0.500. The summed E-state index contributed by atoms with van der Waals surface area (Å²) in [6.07, 6.45) is 3.66. The Bertz CT molecular complexity index is 508. The van der Waals surface area contributed by atoms with Gasteiger partial charge in [-0.05, 0) is 59.3 Å². The number of benzene rings is 1. The number of nitrogens with one attached hydrogen (secondary N) is 2. The molecule has 0 bridgehead atoms. The minimum Gasteiger partial charge on any atom is -0.324 e. The monoisotopic (exact) mass is 342 g/mol. The maximum atomic E-state index is 12.4. The Balaban J connectivity index is 1.73. The van der Waals surface area contributed by atoms with E-state index in [1.54, 1.807) is 6.07 Å². The molecule has 102 valence electrons. The second-order valence-electron chi connectivity index (χ2n) is 5.33. The Morgan fingerprint density at radius 1 is 1.42 bits per heavy atom. The van der Waals surface area contributed by atoms with Gasteiger partial charge in [0.1, 0.15) is 0 Å². The molecule has 1 saturated carbocycles. The summed E-state index contributed by atoms with van der Waals surface area (Å²) in [5.74, 6) is 1.23. The molecule has 3 nitrogen and oxygen atoms in total. The molecule has 2 N–H and O–H groups in total. The second-order valence-corrected chi connectivity index (χ2v) is 6.53. The van der Waals surface area contributed by atoms with E-state index in [1.807, 2.05) is 12.1 Å². The Labute approximate surface area is 126 Å². The highest BCUT2D eigenvalue weighted by atomic mass is 79.9. The van der Waals surface area contributed by atoms with Crippen LogP contribution in [0.1, 0.15) is 19.3 Å². The lowest BCUT2D eigenvalue weighted by Crippen LogP contribution is -2.39. The summed E-state index contributed by atoms with van der Waals surface area (Å²) in [4.78, 5) is 12.4. The Morgan fingerprint density at radius 3 is 3.11 bits per heavy atom. The first-order chi connectivity index (χ1) is 9.16. The van der Waals surface area contributed by atoms with E-state index >= 15 is 0 Å². The molecule has 1 saturated heterocycles. The van der Waals surface area contributed by atoms with Gasteiger partial charge in [-0.2, -0.15) is 0 Å². The summed E-state index contributed by atoms with van der Waals surface area (Å²) in [7, 11) is 0. The lowest BCUT2D eigenvalue weighted by molar-refractivity contribution is -0.118. The molecule has 1 aromatic rings. The number of hydrogen-bond acceptors (Lipinski definition) is 2. The third-order valence-electron chi connectivity index (χ3n) is 4.24. The van der Waals surface area contributed by atoms with E-state index in [4.69, 9.17) is 11.6 Å². The van der Waals surface area contributed by atoms with Gasteiger partial charge in [0, 0.05) is 0 Å². The van der Waals surface area contributed by atoms with Crippen LogP contribution < -0.4 is 10.6 Å². The molecule has 3 unspecified atom stereocenters. The van der Waals surface area contributed by atoms with E-state index in [9.17, 15) is 4.79 Å². The van der Waals surface area contributed by atoms with Crippen molar-refractivity contribution >= 4 is 39.1 Å². The largest absolute Gasteiger partial charge is 0.324 e. The summed E-state index contributed by atoms with van der Waals surface area (Å²) in [5.41, 5.74) is 0.737. The number of carbonyl (C=O) groups excluding carboxylic acids is 1. The normalized spacial score (nSPS) is 29.3. The zero-order valence-corrected chi connectivity index (χ0v) is 12.8. The van der Waals surface area contributed by atoms with E-state index in [1.165, 1.54) is 12.8 Å². The van der Waals surface area contributed by atoms with Crippen molar-refractivity contribution in [2.24, 2.45) is 11.8 Å². The van der Waals surface area contributed by atoms with Gasteiger partial charge in [0.05, 0.1) is 21.2 Å². The molecule has 0 aromatic heterocycles. The number of amides is 1.